The van der Waals surface area contributed by atoms with Crippen molar-refractivity contribution >= 4 is 0 Å². The fourth-order valence-corrected chi connectivity index (χ4v) is 3.24. The minimum absolute atomic E-state index is 0.493. The van der Waals surface area contributed by atoms with E-state index < -0.39 is 0 Å². The summed E-state index contributed by atoms with van der Waals surface area (Å²) in [5.74, 6) is 0.634. The lowest BCUT2D eigenvalue weighted by molar-refractivity contribution is 0.324. The minimum atomic E-state index is 0.493. The average molecular weight is 245 g/mol. The second kappa shape index (κ2) is 5.44. The third kappa shape index (κ3) is 3.14. The predicted molar refractivity (Wildman–Crippen MR) is 79.0 cm³/mol. The van der Waals surface area contributed by atoms with E-state index >= 15 is 0 Å². The highest BCUT2D eigenvalue weighted by Gasteiger charge is 2.34. The minimum Gasteiger partial charge on any atom is -0.317 e. The van der Waals surface area contributed by atoms with E-state index in [1.807, 2.05) is 0 Å². The Bertz CT molecular complexity index is 379. The lowest BCUT2D eigenvalue weighted by Gasteiger charge is -2.24. The Morgan fingerprint density at radius 3 is 2.44 bits per heavy atom. The monoisotopic (exact) mass is 245 g/mol. The number of rotatable bonds is 4. The highest BCUT2D eigenvalue weighted by molar-refractivity contribution is 5.25. The topological polar surface area (TPSA) is 12.0 Å². The van der Waals surface area contributed by atoms with Crippen LogP contribution in [0.3, 0.4) is 0 Å². The van der Waals surface area contributed by atoms with Gasteiger partial charge in [-0.05, 0) is 55.2 Å². The maximum Gasteiger partial charge on any atom is 0.00695 e. The average Bonchev–Trinajstić information content (AvgIpc) is 2.71. The van der Waals surface area contributed by atoms with E-state index in [0.717, 1.165) is 6.04 Å². The highest BCUT2D eigenvalue weighted by Crippen LogP contribution is 2.40. The second-order valence-corrected chi connectivity index (χ2v) is 6.61. The zero-order valence-electron chi connectivity index (χ0n) is 12.3. The third-order valence-electron chi connectivity index (χ3n) is 4.52. The molecule has 0 radical (unpaired) electrons. The molecule has 1 aliphatic carbocycles. The Balaban J connectivity index is 2.01. The van der Waals surface area contributed by atoms with Gasteiger partial charge in [0.15, 0.2) is 0 Å². The van der Waals surface area contributed by atoms with E-state index in [1.165, 1.54) is 36.8 Å². The standard InChI is InChI=1S/C17H27N/c1-13(2)15-7-5-14(6-8-15)11-17(3)10-9-16(12-17)18-4/h5-8,13,16,18H,9-12H2,1-4H3. The van der Waals surface area contributed by atoms with Crippen molar-refractivity contribution in [1.29, 1.82) is 0 Å². The lowest BCUT2D eigenvalue weighted by Crippen LogP contribution is -2.24. The fourth-order valence-electron chi connectivity index (χ4n) is 3.24. The van der Waals surface area contributed by atoms with Crippen molar-refractivity contribution in [2.45, 2.75) is 58.4 Å². The maximum absolute atomic E-state index is 3.43. The van der Waals surface area contributed by atoms with Crippen molar-refractivity contribution in [3.63, 3.8) is 0 Å². The Kier molecular flexibility index (Phi) is 4.11. The van der Waals surface area contributed by atoms with Crippen LogP contribution in [0, 0.1) is 5.41 Å². The summed E-state index contributed by atoms with van der Waals surface area (Å²) in [6, 6.07) is 9.98. The van der Waals surface area contributed by atoms with Crippen LogP contribution in [0.15, 0.2) is 24.3 Å². The molecular weight excluding hydrogens is 218 g/mol. The summed E-state index contributed by atoms with van der Waals surface area (Å²) in [4.78, 5) is 0. The molecule has 0 spiro atoms. The molecule has 1 fully saturated rings. The van der Waals surface area contributed by atoms with Crippen molar-refractivity contribution < 1.29 is 0 Å². The van der Waals surface area contributed by atoms with Crippen LogP contribution >= 0.6 is 0 Å². The smallest absolute Gasteiger partial charge is 0.00695 e. The van der Waals surface area contributed by atoms with Gasteiger partial charge in [-0.3, -0.25) is 0 Å². The predicted octanol–water partition coefficient (Wildman–Crippen LogP) is 4.13. The van der Waals surface area contributed by atoms with Crippen molar-refractivity contribution in [1.82, 2.24) is 5.32 Å². The SMILES string of the molecule is CNC1CCC(C)(Cc2ccc(C(C)C)cc2)C1. The molecule has 1 aliphatic rings. The van der Waals surface area contributed by atoms with Gasteiger partial charge in [-0.1, -0.05) is 45.0 Å². The summed E-state index contributed by atoms with van der Waals surface area (Å²) in [7, 11) is 2.09. The molecule has 1 nitrogen and oxygen atoms in total. The lowest BCUT2D eigenvalue weighted by atomic mass is 9.81. The number of hydrogen-bond acceptors (Lipinski definition) is 1. The summed E-state index contributed by atoms with van der Waals surface area (Å²) in [6.45, 7) is 6.95. The summed E-state index contributed by atoms with van der Waals surface area (Å²) < 4.78 is 0. The van der Waals surface area contributed by atoms with Gasteiger partial charge in [-0.15, -0.1) is 0 Å². The molecule has 100 valence electrons. The molecule has 2 unspecified atom stereocenters. The molecule has 1 N–H and O–H groups in total. The van der Waals surface area contributed by atoms with Gasteiger partial charge < -0.3 is 5.32 Å². The summed E-state index contributed by atoms with van der Waals surface area (Å²) >= 11 is 0. The molecule has 0 saturated heterocycles. The molecule has 2 atom stereocenters. The molecule has 0 amide bonds. The van der Waals surface area contributed by atoms with Crippen molar-refractivity contribution in [2.24, 2.45) is 5.41 Å². The van der Waals surface area contributed by atoms with Gasteiger partial charge in [0.1, 0.15) is 0 Å². The second-order valence-electron chi connectivity index (χ2n) is 6.61. The first-order chi connectivity index (χ1) is 8.52. The molecular formula is C17H27N. The molecule has 0 aromatic heterocycles. The first kappa shape index (κ1) is 13.6. The first-order valence-electron chi connectivity index (χ1n) is 7.28. The Morgan fingerprint density at radius 1 is 1.28 bits per heavy atom. The number of hydrogen-bond donors (Lipinski definition) is 1. The van der Waals surface area contributed by atoms with Crippen LogP contribution in [0.1, 0.15) is 57.1 Å². The molecule has 1 aromatic rings. The Labute approximate surface area is 112 Å². The van der Waals surface area contributed by atoms with E-state index in [9.17, 15) is 0 Å². The molecule has 2 rings (SSSR count). The molecule has 18 heavy (non-hydrogen) atoms. The number of benzene rings is 1. The van der Waals surface area contributed by atoms with E-state index in [1.54, 1.807) is 0 Å². The van der Waals surface area contributed by atoms with Gasteiger partial charge in [0, 0.05) is 6.04 Å². The fraction of sp³-hybridized carbons (Fsp3) is 0.647. The van der Waals surface area contributed by atoms with Gasteiger partial charge in [0.2, 0.25) is 0 Å². The van der Waals surface area contributed by atoms with Crippen LogP contribution in [0.2, 0.25) is 0 Å². The van der Waals surface area contributed by atoms with E-state index in [0.29, 0.717) is 11.3 Å². The number of nitrogens with one attached hydrogen (secondary N) is 1. The maximum atomic E-state index is 3.43. The van der Waals surface area contributed by atoms with Crippen LogP contribution < -0.4 is 5.32 Å². The molecule has 1 aromatic carbocycles. The van der Waals surface area contributed by atoms with E-state index in [-0.39, 0.29) is 0 Å². The first-order valence-corrected chi connectivity index (χ1v) is 7.28. The highest BCUT2D eigenvalue weighted by atomic mass is 14.9. The zero-order valence-corrected chi connectivity index (χ0v) is 12.3. The Hall–Kier alpha value is -0.820. The van der Waals surface area contributed by atoms with E-state index in [2.05, 4.69) is 57.4 Å². The van der Waals surface area contributed by atoms with Gasteiger partial charge in [-0.2, -0.15) is 0 Å². The third-order valence-corrected chi connectivity index (χ3v) is 4.52. The molecule has 0 bridgehead atoms. The summed E-state index contributed by atoms with van der Waals surface area (Å²) in [5.41, 5.74) is 3.44. The molecule has 0 aliphatic heterocycles. The van der Waals surface area contributed by atoms with Crippen molar-refractivity contribution in [3.8, 4) is 0 Å². The largest absolute Gasteiger partial charge is 0.317 e. The molecule has 0 heterocycles. The van der Waals surface area contributed by atoms with Crippen LogP contribution in [-0.4, -0.2) is 13.1 Å². The van der Waals surface area contributed by atoms with Crippen LogP contribution in [0.4, 0.5) is 0 Å². The quantitative estimate of drug-likeness (QED) is 0.841. The van der Waals surface area contributed by atoms with E-state index in [4.69, 9.17) is 0 Å². The van der Waals surface area contributed by atoms with Crippen molar-refractivity contribution in [3.05, 3.63) is 35.4 Å². The van der Waals surface area contributed by atoms with Crippen LogP contribution in [0.5, 0.6) is 0 Å². The van der Waals surface area contributed by atoms with Gasteiger partial charge in [0.25, 0.3) is 0 Å². The van der Waals surface area contributed by atoms with Gasteiger partial charge in [-0.25, -0.2) is 0 Å². The molecule has 1 heteroatoms. The molecule has 1 saturated carbocycles. The van der Waals surface area contributed by atoms with Gasteiger partial charge >= 0.3 is 0 Å². The van der Waals surface area contributed by atoms with Gasteiger partial charge in [0.05, 0.1) is 0 Å². The Morgan fingerprint density at radius 2 is 1.94 bits per heavy atom. The van der Waals surface area contributed by atoms with Crippen molar-refractivity contribution in [2.75, 3.05) is 7.05 Å². The summed E-state index contributed by atoms with van der Waals surface area (Å²) in [5, 5.41) is 3.43. The van der Waals surface area contributed by atoms with Crippen LogP contribution in [0.25, 0.3) is 0 Å². The zero-order chi connectivity index (χ0) is 13.2. The van der Waals surface area contributed by atoms with Crippen LogP contribution in [-0.2, 0) is 6.42 Å². The summed E-state index contributed by atoms with van der Waals surface area (Å²) in [6.07, 6.45) is 5.22. The normalized spacial score (nSPS) is 27.9.